The van der Waals surface area contributed by atoms with Gasteiger partial charge < -0.3 is 4.74 Å². The van der Waals surface area contributed by atoms with Crippen LogP contribution in [0.15, 0.2) is 35.1 Å². The Balaban J connectivity index is 1.99. The maximum Gasteiger partial charge on any atom is 0.112 e. The lowest BCUT2D eigenvalue weighted by molar-refractivity contribution is -0.0824. The second-order valence-electron chi connectivity index (χ2n) is 8.67. The molecule has 0 radical (unpaired) electrons. The van der Waals surface area contributed by atoms with Crippen LogP contribution in [0, 0.1) is 17.3 Å². The third-order valence-electron chi connectivity index (χ3n) is 6.51. The van der Waals surface area contributed by atoms with E-state index >= 15 is 0 Å². The van der Waals surface area contributed by atoms with Crippen LogP contribution in [0.25, 0.3) is 0 Å². The SMILES string of the molecule is CC1=CCC/C(C)=C/C[C@H]2CC[C@]3(C)OC=C(C1)[C@@H]3C2(C)C. The van der Waals surface area contributed by atoms with Gasteiger partial charge in [-0.15, -0.1) is 0 Å². The normalized spacial score (nSPS) is 40.3. The predicted molar refractivity (Wildman–Crippen MR) is 93.6 cm³/mol. The van der Waals surface area contributed by atoms with Crippen LogP contribution in [-0.2, 0) is 4.74 Å². The van der Waals surface area contributed by atoms with Crippen molar-refractivity contribution in [1.82, 2.24) is 0 Å². The van der Waals surface area contributed by atoms with Gasteiger partial charge in [-0.05, 0) is 76.2 Å². The second kappa shape index (κ2) is 5.58. The summed E-state index contributed by atoms with van der Waals surface area (Å²) in [6, 6.07) is 0. The van der Waals surface area contributed by atoms with Crippen molar-refractivity contribution >= 4 is 0 Å². The molecule has 0 aromatic rings. The van der Waals surface area contributed by atoms with Crippen molar-refractivity contribution in [3.05, 3.63) is 35.1 Å². The van der Waals surface area contributed by atoms with Gasteiger partial charge in [-0.2, -0.15) is 0 Å². The molecule has 1 fully saturated rings. The molecule has 1 heterocycles. The molecule has 122 valence electrons. The summed E-state index contributed by atoms with van der Waals surface area (Å²) >= 11 is 0. The van der Waals surface area contributed by atoms with E-state index < -0.39 is 0 Å². The average molecular weight is 300 g/mol. The topological polar surface area (TPSA) is 9.23 Å². The van der Waals surface area contributed by atoms with Crippen LogP contribution in [0.3, 0.4) is 0 Å². The summed E-state index contributed by atoms with van der Waals surface area (Å²) in [4.78, 5) is 0. The van der Waals surface area contributed by atoms with Gasteiger partial charge >= 0.3 is 0 Å². The minimum Gasteiger partial charge on any atom is -0.495 e. The summed E-state index contributed by atoms with van der Waals surface area (Å²) in [5.74, 6) is 1.34. The van der Waals surface area contributed by atoms with Crippen LogP contribution >= 0.6 is 0 Å². The molecule has 0 aromatic carbocycles. The Hall–Kier alpha value is -0.980. The van der Waals surface area contributed by atoms with Crippen molar-refractivity contribution < 1.29 is 4.74 Å². The van der Waals surface area contributed by atoms with Crippen molar-refractivity contribution in [3.63, 3.8) is 0 Å². The highest BCUT2D eigenvalue weighted by molar-refractivity contribution is 5.27. The summed E-state index contributed by atoms with van der Waals surface area (Å²) in [5, 5.41) is 0. The maximum atomic E-state index is 6.23. The number of fused-ring (bicyclic) bond motifs is 1. The van der Waals surface area contributed by atoms with Gasteiger partial charge in [-0.3, -0.25) is 0 Å². The zero-order valence-electron chi connectivity index (χ0n) is 15.0. The van der Waals surface area contributed by atoms with E-state index in [2.05, 4.69) is 53.0 Å². The molecular formula is C21H32O. The first-order chi connectivity index (χ1) is 10.3. The highest BCUT2D eigenvalue weighted by Gasteiger charge is 2.55. The van der Waals surface area contributed by atoms with Crippen LogP contribution in [-0.4, -0.2) is 5.60 Å². The molecule has 1 aliphatic heterocycles. The highest BCUT2D eigenvalue weighted by atomic mass is 16.5. The Kier molecular flexibility index (Phi) is 4.03. The molecule has 0 saturated heterocycles. The van der Waals surface area contributed by atoms with E-state index in [4.69, 9.17) is 4.74 Å². The van der Waals surface area contributed by atoms with Crippen LogP contribution in [0.1, 0.15) is 73.1 Å². The van der Waals surface area contributed by atoms with Crippen molar-refractivity contribution in [1.29, 1.82) is 0 Å². The van der Waals surface area contributed by atoms with Gasteiger partial charge in [0.25, 0.3) is 0 Å². The van der Waals surface area contributed by atoms with E-state index in [9.17, 15) is 0 Å². The van der Waals surface area contributed by atoms with E-state index in [1.165, 1.54) is 43.3 Å². The zero-order chi connectivity index (χ0) is 16.0. The predicted octanol–water partition coefficient (Wildman–Crippen LogP) is 6.18. The Morgan fingerprint density at radius 1 is 1.09 bits per heavy atom. The van der Waals surface area contributed by atoms with Crippen LogP contribution in [0.2, 0.25) is 0 Å². The number of rotatable bonds is 0. The number of ether oxygens (including phenoxy) is 1. The first-order valence-electron chi connectivity index (χ1n) is 9.01. The Morgan fingerprint density at radius 3 is 2.64 bits per heavy atom. The van der Waals surface area contributed by atoms with Crippen molar-refractivity contribution in [2.24, 2.45) is 17.3 Å². The lowest BCUT2D eigenvalue weighted by Crippen LogP contribution is -2.50. The fraction of sp³-hybridized carbons (Fsp3) is 0.714. The second-order valence-corrected chi connectivity index (χ2v) is 8.67. The molecule has 3 rings (SSSR count). The molecule has 0 aromatic heterocycles. The van der Waals surface area contributed by atoms with E-state index in [1.54, 1.807) is 5.57 Å². The molecule has 3 atom stereocenters. The van der Waals surface area contributed by atoms with Crippen molar-refractivity contribution in [3.8, 4) is 0 Å². The molecule has 2 bridgehead atoms. The molecule has 0 spiro atoms. The van der Waals surface area contributed by atoms with E-state index in [0.717, 1.165) is 12.3 Å². The zero-order valence-corrected chi connectivity index (χ0v) is 15.0. The smallest absolute Gasteiger partial charge is 0.112 e. The third kappa shape index (κ3) is 2.68. The van der Waals surface area contributed by atoms with Crippen LogP contribution < -0.4 is 0 Å². The Morgan fingerprint density at radius 2 is 1.86 bits per heavy atom. The van der Waals surface area contributed by atoms with E-state index in [-0.39, 0.29) is 5.60 Å². The van der Waals surface area contributed by atoms with Crippen molar-refractivity contribution in [2.75, 3.05) is 0 Å². The standard InChI is InChI=1S/C21H32O/c1-15-7-6-8-16(2)13-17-14-22-21(5)12-11-18(10-9-15)20(3,4)19(17)21/h8-9,14,18-19H,6-7,10-13H2,1-5H3/b15-9+,16-8?/t18-,19+,21-/m0/s1. The molecular weight excluding hydrogens is 268 g/mol. The van der Waals surface area contributed by atoms with Crippen molar-refractivity contribution in [2.45, 2.75) is 78.7 Å². The summed E-state index contributed by atoms with van der Waals surface area (Å²) in [6.45, 7) is 11.9. The van der Waals surface area contributed by atoms with Gasteiger partial charge in [-0.25, -0.2) is 0 Å². The summed E-state index contributed by atoms with van der Waals surface area (Å²) in [5.41, 5.74) is 4.94. The fourth-order valence-corrected chi connectivity index (χ4v) is 5.23. The molecule has 2 aliphatic carbocycles. The van der Waals surface area contributed by atoms with Gasteiger partial charge in [0, 0.05) is 5.92 Å². The molecule has 3 aliphatic rings. The highest BCUT2D eigenvalue weighted by Crippen LogP contribution is 2.58. The molecule has 1 saturated carbocycles. The Bertz CT molecular complexity index is 534. The van der Waals surface area contributed by atoms with Gasteiger partial charge in [0.15, 0.2) is 0 Å². The summed E-state index contributed by atoms with van der Waals surface area (Å²) < 4.78 is 6.23. The molecule has 1 heteroatoms. The fourth-order valence-electron chi connectivity index (χ4n) is 5.23. The van der Waals surface area contributed by atoms with Gasteiger partial charge in [0.05, 0.1) is 6.26 Å². The third-order valence-corrected chi connectivity index (χ3v) is 6.51. The lowest BCUT2D eigenvalue weighted by atomic mass is 9.54. The number of hydrogen-bond acceptors (Lipinski definition) is 1. The monoisotopic (exact) mass is 300 g/mol. The summed E-state index contributed by atoms with van der Waals surface area (Å²) in [6.07, 6.45) is 14.3. The average Bonchev–Trinajstić information content (AvgIpc) is 2.75. The Labute approximate surface area is 136 Å². The molecule has 0 N–H and O–H groups in total. The van der Waals surface area contributed by atoms with Crippen LogP contribution in [0.5, 0.6) is 0 Å². The van der Waals surface area contributed by atoms with Gasteiger partial charge in [0.2, 0.25) is 0 Å². The molecule has 1 nitrogen and oxygen atoms in total. The number of allylic oxidation sites excluding steroid dienone is 4. The minimum absolute atomic E-state index is 0.0263. The quantitative estimate of drug-likeness (QED) is 0.485. The van der Waals surface area contributed by atoms with Crippen LogP contribution in [0.4, 0.5) is 0 Å². The van der Waals surface area contributed by atoms with Gasteiger partial charge in [0.1, 0.15) is 5.60 Å². The lowest BCUT2D eigenvalue weighted by Gasteiger charge is -2.51. The van der Waals surface area contributed by atoms with E-state index in [0.29, 0.717) is 11.3 Å². The molecule has 0 unspecified atom stereocenters. The number of hydrogen-bond donors (Lipinski definition) is 0. The maximum absolute atomic E-state index is 6.23. The summed E-state index contributed by atoms with van der Waals surface area (Å²) in [7, 11) is 0. The van der Waals surface area contributed by atoms with Gasteiger partial charge in [-0.1, -0.05) is 37.1 Å². The first-order valence-corrected chi connectivity index (χ1v) is 9.01. The molecule has 0 amide bonds. The largest absolute Gasteiger partial charge is 0.495 e. The van der Waals surface area contributed by atoms with E-state index in [1.807, 2.05) is 0 Å². The molecule has 22 heavy (non-hydrogen) atoms. The minimum atomic E-state index is 0.0263. The first kappa shape index (κ1) is 15.9.